The Kier molecular flexibility index (Phi) is 3.67. The van der Waals surface area contributed by atoms with Crippen LogP contribution >= 0.6 is 23.2 Å². The van der Waals surface area contributed by atoms with Gasteiger partial charge >= 0.3 is 0 Å². The molecule has 0 aromatic heterocycles. The van der Waals surface area contributed by atoms with Gasteiger partial charge in [0.15, 0.2) is 6.29 Å². The molecule has 0 fully saturated rings. The molecular formula is C13H8Cl2O2. The standard InChI is InChI=1S/C13H8Cl2O2/c14-11-6-5-10(7-12(11)15)17-13-4-2-1-3-9(13)8-16/h1-8H. The van der Waals surface area contributed by atoms with E-state index in [2.05, 4.69) is 0 Å². The molecule has 0 N–H and O–H groups in total. The second-order valence-corrected chi connectivity index (χ2v) is 4.15. The zero-order valence-corrected chi connectivity index (χ0v) is 10.2. The van der Waals surface area contributed by atoms with Crippen molar-refractivity contribution in [2.45, 2.75) is 0 Å². The number of benzene rings is 2. The van der Waals surface area contributed by atoms with Gasteiger partial charge in [-0.15, -0.1) is 0 Å². The Labute approximate surface area is 109 Å². The summed E-state index contributed by atoms with van der Waals surface area (Å²) in [6.45, 7) is 0. The third kappa shape index (κ3) is 2.78. The zero-order valence-electron chi connectivity index (χ0n) is 8.69. The topological polar surface area (TPSA) is 26.3 Å². The summed E-state index contributed by atoms with van der Waals surface area (Å²) in [7, 11) is 0. The van der Waals surface area contributed by atoms with Gasteiger partial charge in [0.2, 0.25) is 0 Å². The predicted octanol–water partition coefficient (Wildman–Crippen LogP) is 4.60. The van der Waals surface area contributed by atoms with Crippen molar-refractivity contribution < 1.29 is 9.53 Å². The maximum absolute atomic E-state index is 10.8. The van der Waals surface area contributed by atoms with Crippen molar-refractivity contribution in [2.24, 2.45) is 0 Å². The van der Waals surface area contributed by atoms with Crippen LogP contribution in [0.4, 0.5) is 0 Å². The van der Waals surface area contributed by atoms with Crippen molar-refractivity contribution in [3.8, 4) is 11.5 Å². The highest BCUT2D eigenvalue weighted by Gasteiger charge is 2.05. The van der Waals surface area contributed by atoms with Crippen molar-refractivity contribution in [3.63, 3.8) is 0 Å². The molecule has 0 bridgehead atoms. The van der Waals surface area contributed by atoms with Crippen LogP contribution in [-0.4, -0.2) is 6.29 Å². The fraction of sp³-hybridized carbons (Fsp3) is 0. The van der Waals surface area contributed by atoms with Crippen LogP contribution in [0.3, 0.4) is 0 Å². The molecule has 0 saturated heterocycles. The number of hydrogen-bond acceptors (Lipinski definition) is 2. The first-order valence-corrected chi connectivity index (χ1v) is 5.63. The highest BCUT2D eigenvalue weighted by Crippen LogP contribution is 2.30. The first-order chi connectivity index (χ1) is 8.20. The largest absolute Gasteiger partial charge is 0.457 e. The molecule has 0 unspecified atom stereocenters. The fourth-order valence-corrected chi connectivity index (χ4v) is 1.63. The number of para-hydroxylation sites is 1. The highest BCUT2D eigenvalue weighted by molar-refractivity contribution is 6.42. The summed E-state index contributed by atoms with van der Waals surface area (Å²) in [5.74, 6) is 1.02. The lowest BCUT2D eigenvalue weighted by atomic mass is 10.2. The molecule has 0 spiro atoms. The smallest absolute Gasteiger partial charge is 0.153 e. The maximum Gasteiger partial charge on any atom is 0.153 e. The Bertz CT molecular complexity index is 553. The van der Waals surface area contributed by atoms with E-state index in [0.29, 0.717) is 27.1 Å². The zero-order chi connectivity index (χ0) is 12.3. The van der Waals surface area contributed by atoms with E-state index in [4.69, 9.17) is 27.9 Å². The molecule has 86 valence electrons. The SMILES string of the molecule is O=Cc1ccccc1Oc1ccc(Cl)c(Cl)c1. The molecule has 0 radical (unpaired) electrons. The number of ether oxygens (including phenoxy) is 1. The molecule has 0 amide bonds. The van der Waals surface area contributed by atoms with Gasteiger partial charge in [0.05, 0.1) is 15.6 Å². The van der Waals surface area contributed by atoms with Crippen molar-refractivity contribution in [3.05, 3.63) is 58.1 Å². The van der Waals surface area contributed by atoms with Gasteiger partial charge in [0, 0.05) is 6.07 Å². The molecular weight excluding hydrogens is 259 g/mol. The van der Waals surface area contributed by atoms with E-state index in [1.807, 2.05) is 0 Å². The molecule has 4 heteroatoms. The van der Waals surface area contributed by atoms with E-state index in [1.54, 1.807) is 42.5 Å². The van der Waals surface area contributed by atoms with Crippen molar-refractivity contribution in [1.29, 1.82) is 0 Å². The lowest BCUT2D eigenvalue weighted by Gasteiger charge is -2.08. The van der Waals surface area contributed by atoms with Crippen LogP contribution in [0, 0.1) is 0 Å². The van der Waals surface area contributed by atoms with E-state index in [1.165, 1.54) is 0 Å². The number of carbonyl (C=O) groups excluding carboxylic acids is 1. The van der Waals surface area contributed by atoms with Gasteiger partial charge in [-0.1, -0.05) is 35.3 Å². The second-order valence-electron chi connectivity index (χ2n) is 3.33. The summed E-state index contributed by atoms with van der Waals surface area (Å²) >= 11 is 11.7. The van der Waals surface area contributed by atoms with Gasteiger partial charge in [0.1, 0.15) is 11.5 Å². The Hall–Kier alpha value is -1.51. The molecule has 0 aliphatic heterocycles. The molecule has 0 heterocycles. The summed E-state index contributed by atoms with van der Waals surface area (Å²) in [6, 6.07) is 11.9. The minimum absolute atomic E-state index is 0.410. The molecule has 2 nitrogen and oxygen atoms in total. The fourth-order valence-electron chi connectivity index (χ4n) is 1.34. The normalized spacial score (nSPS) is 10.0. The van der Waals surface area contributed by atoms with Crippen LogP contribution in [0.2, 0.25) is 10.0 Å². The van der Waals surface area contributed by atoms with Crippen LogP contribution < -0.4 is 4.74 Å². The summed E-state index contributed by atoms with van der Waals surface area (Å²) < 4.78 is 5.56. The van der Waals surface area contributed by atoms with Crippen LogP contribution in [0.5, 0.6) is 11.5 Å². The average Bonchev–Trinajstić information content (AvgIpc) is 2.34. The van der Waals surface area contributed by atoms with Gasteiger partial charge in [-0.2, -0.15) is 0 Å². The second kappa shape index (κ2) is 5.21. The van der Waals surface area contributed by atoms with Crippen LogP contribution in [0.1, 0.15) is 10.4 Å². The number of aldehydes is 1. The van der Waals surface area contributed by atoms with Crippen molar-refractivity contribution >= 4 is 29.5 Å². The first-order valence-electron chi connectivity index (χ1n) is 4.88. The summed E-state index contributed by atoms with van der Waals surface area (Å²) in [5, 5.41) is 0.871. The Morgan fingerprint density at radius 1 is 1.00 bits per heavy atom. The monoisotopic (exact) mass is 266 g/mol. The Morgan fingerprint density at radius 2 is 1.76 bits per heavy atom. The van der Waals surface area contributed by atoms with Gasteiger partial charge in [0.25, 0.3) is 0 Å². The number of rotatable bonds is 3. The van der Waals surface area contributed by atoms with Crippen LogP contribution in [-0.2, 0) is 0 Å². The predicted molar refractivity (Wildman–Crippen MR) is 68.4 cm³/mol. The van der Waals surface area contributed by atoms with Gasteiger partial charge in [-0.3, -0.25) is 4.79 Å². The molecule has 2 rings (SSSR count). The van der Waals surface area contributed by atoms with Crippen molar-refractivity contribution in [1.82, 2.24) is 0 Å². The molecule has 17 heavy (non-hydrogen) atoms. The van der Waals surface area contributed by atoms with E-state index in [0.717, 1.165) is 6.29 Å². The summed E-state index contributed by atoms with van der Waals surface area (Å²) in [6.07, 6.45) is 0.743. The summed E-state index contributed by atoms with van der Waals surface area (Å²) in [5.41, 5.74) is 0.485. The van der Waals surface area contributed by atoms with Crippen LogP contribution in [0.15, 0.2) is 42.5 Å². The molecule has 0 atom stereocenters. The quantitative estimate of drug-likeness (QED) is 0.760. The van der Waals surface area contributed by atoms with E-state index < -0.39 is 0 Å². The van der Waals surface area contributed by atoms with Gasteiger partial charge in [-0.05, 0) is 24.3 Å². The molecule has 0 aliphatic rings. The van der Waals surface area contributed by atoms with Gasteiger partial charge in [-0.25, -0.2) is 0 Å². The Morgan fingerprint density at radius 3 is 2.47 bits per heavy atom. The average molecular weight is 267 g/mol. The molecule has 2 aromatic rings. The van der Waals surface area contributed by atoms with E-state index in [9.17, 15) is 4.79 Å². The molecule has 0 aliphatic carbocycles. The van der Waals surface area contributed by atoms with Crippen molar-refractivity contribution in [2.75, 3.05) is 0 Å². The first kappa shape index (κ1) is 12.0. The Balaban J connectivity index is 2.31. The van der Waals surface area contributed by atoms with Gasteiger partial charge < -0.3 is 4.74 Å². The highest BCUT2D eigenvalue weighted by atomic mass is 35.5. The van der Waals surface area contributed by atoms with Crippen LogP contribution in [0.25, 0.3) is 0 Å². The molecule has 2 aromatic carbocycles. The third-order valence-corrected chi connectivity index (χ3v) is 2.90. The lowest BCUT2D eigenvalue weighted by Crippen LogP contribution is -1.89. The lowest BCUT2D eigenvalue weighted by molar-refractivity contribution is 0.112. The third-order valence-electron chi connectivity index (χ3n) is 2.16. The summed E-state index contributed by atoms with van der Waals surface area (Å²) in [4.78, 5) is 10.8. The number of halogens is 2. The minimum atomic E-state index is 0.410. The van der Waals surface area contributed by atoms with E-state index >= 15 is 0 Å². The van der Waals surface area contributed by atoms with E-state index in [-0.39, 0.29) is 0 Å². The number of hydrogen-bond donors (Lipinski definition) is 0. The number of carbonyl (C=O) groups is 1. The molecule has 0 saturated carbocycles. The maximum atomic E-state index is 10.8. The minimum Gasteiger partial charge on any atom is -0.457 e.